The number of hydrogen-bond donors (Lipinski definition) is 1. The second-order valence-electron chi connectivity index (χ2n) is 8.87. The van der Waals surface area contributed by atoms with Crippen LogP contribution in [0.15, 0.2) is 59.0 Å². The lowest BCUT2D eigenvalue weighted by Gasteiger charge is -2.48. The molecule has 32 heavy (non-hydrogen) atoms. The molecule has 2 aromatic carbocycles. The first-order valence-electron chi connectivity index (χ1n) is 10.7. The fourth-order valence-electron chi connectivity index (χ4n) is 4.86. The molecular formula is C24H25N5O3. The van der Waals surface area contributed by atoms with Gasteiger partial charge in [0.05, 0.1) is 6.04 Å². The Morgan fingerprint density at radius 3 is 2.59 bits per heavy atom. The van der Waals surface area contributed by atoms with E-state index in [1.54, 1.807) is 24.3 Å². The molecule has 5 rings (SSSR count). The maximum absolute atomic E-state index is 13.0. The van der Waals surface area contributed by atoms with Crippen molar-refractivity contribution in [3.05, 3.63) is 66.1 Å². The predicted octanol–water partition coefficient (Wildman–Crippen LogP) is 3.21. The smallest absolute Gasteiger partial charge is 0.253 e. The second kappa shape index (κ2) is 7.87. The molecule has 2 amide bonds. The highest BCUT2D eigenvalue weighted by atomic mass is 16.4. The lowest BCUT2D eigenvalue weighted by atomic mass is 9.77. The van der Waals surface area contributed by atoms with Gasteiger partial charge in [0.15, 0.2) is 0 Å². The van der Waals surface area contributed by atoms with Crippen LogP contribution in [0.4, 0.5) is 5.69 Å². The predicted molar refractivity (Wildman–Crippen MR) is 119 cm³/mol. The molecule has 1 atom stereocenters. The summed E-state index contributed by atoms with van der Waals surface area (Å²) in [4.78, 5) is 28.4. The summed E-state index contributed by atoms with van der Waals surface area (Å²) in [6, 6.07) is 16.9. The van der Waals surface area contributed by atoms with Gasteiger partial charge in [0.2, 0.25) is 17.7 Å². The molecule has 3 aromatic rings. The molecule has 0 aliphatic carbocycles. The third kappa shape index (κ3) is 3.78. The maximum Gasteiger partial charge on any atom is 0.253 e. The number of rotatable bonds is 4. The maximum atomic E-state index is 13.0. The number of nitrogens with one attached hydrogen (secondary N) is 1. The van der Waals surface area contributed by atoms with Crippen molar-refractivity contribution < 1.29 is 14.0 Å². The number of nitrogens with zero attached hydrogens (tertiary/aromatic N) is 4. The van der Waals surface area contributed by atoms with Crippen molar-refractivity contribution in [1.29, 1.82) is 0 Å². The first kappa shape index (κ1) is 20.4. The molecule has 2 saturated heterocycles. The Balaban J connectivity index is 1.25. The summed E-state index contributed by atoms with van der Waals surface area (Å²) in [7, 11) is 2.06. The van der Waals surface area contributed by atoms with Crippen LogP contribution in [0.25, 0.3) is 11.5 Å². The van der Waals surface area contributed by atoms with Gasteiger partial charge in [-0.15, -0.1) is 10.2 Å². The highest BCUT2D eigenvalue weighted by Crippen LogP contribution is 2.48. The van der Waals surface area contributed by atoms with E-state index in [0.29, 0.717) is 36.1 Å². The number of carbonyl (C=O) groups excluding carboxylic acids is 2. The summed E-state index contributed by atoms with van der Waals surface area (Å²) in [5.41, 5.74) is 2.15. The van der Waals surface area contributed by atoms with E-state index < -0.39 is 0 Å². The Bertz CT molecular complexity index is 1150. The molecule has 0 bridgehead atoms. The number of likely N-dealkylation sites (tertiary alicyclic amines) is 2. The van der Waals surface area contributed by atoms with E-state index in [1.807, 2.05) is 35.2 Å². The Labute approximate surface area is 186 Å². The highest BCUT2D eigenvalue weighted by Gasteiger charge is 2.53. The molecule has 2 fully saturated rings. The van der Waals surface area contributed by atoms with Crippen molar-refractivity contribution in [3.8, 4) is 11.5 Å². The Hall–Kier alpha value is -3.52. The SMILES string of the molecule is CC(=O)Nc1cccc(C(=O)N2CC3(CC(c4nnc(-c5ccccc5)o4)N(C)C3)C2)c1. The van der Waals surface area contributed by atoms with Crippen molar-refractivity contribution in [2.24, 2.45) is 5.41 Å². The molecule has 1 unspecified atom stereocenters. The summed E-state index contributed by atoms with van der Waals surface area (Å²) in [6.45, 7) is 3.71. The summed E-state index contributed by atoms with van der Waals surface area (Å²) in [6.07, 6.45) is 0.871. The van der Waals surface area contributed by atoms with Gasteiger partial charge >= 0.3 is 0 Å². The molecule has 164 valence electrons. The van der Waals surface area contributed by atoms with E-state index in [4.69, 9.17) is 4.42 Å². The van der Waals surface area contributed by atoms with Crippen LogP contribution in [0, 0.1) is 5.41 Å². The zero-order valence-electron chi connectivity index (χ0n) is 18.1. The number of aromatic nitrogens is 2. The van der Waals surface area contributed by atoms with Crippen LogP contribution < -0.4 is 5.32 Å². The molecule has 0 saturated carbocycles. The third-order valence-corrected chi connectivity index (χ3v) is 6.26. The largest absolute Gasteiger partial charge is 0.419 e. The van der Waals surface area contributed by atoms with Crippen molar-refractivity contribution in [3.63, 3.8) is 0 Å². The molecule has 8 nitrogen and oxygen atoms in total. The lowest BCUT2D eigenvalue weighted by molar-refractivity contribution is -0.114. The van der Waals surface area contributed by atoms with E-state index >= 15 is 0 Å². The fraction of sp³-hybridized carbons (Fsp3) is 0.333. The zero-order valence-corrected chi connectivity index (χ0v) is 18.1. The van der Waals surface area contributed by atoms with Gasteiger partial charge in [-0.1, -0.05) is 24.3 Å². The van der Waals surface area contributed by atoms with Crippen molar-refractivity contribution >= 4 is 17.5 Å². The molecular weight excluding hydrogens is 406 g/mol. The minimum atomic E-state index is -0.158. The minimum absolute atomic E-state index is 0.0157. The summed E-state index contributed by atoms with van der Waals surface area (Å²) < 4.78 is 6.00. The van der Waals surface area contributed by atoms with Crippen molar-refractivity contribution in [1.82, 2.24) is 20.0 Å². The first-order chi connectivity index (χ1) is 15.4. The third-order valence-electron chi connectivity index (χ3n) is 6.26. The van der Waals surface area contributed by atoms with Gasteiger partial charge in [-0.05, 0) is 43.8 Å². The van der Waals surface area contributed by atoms with Crippen LogP contribution in [0.5, 0.6) is 0 Å². The molecule has 8 heteroatoms. The van der Waals surface area contributed by atoms with Crippen molar-refractivity contribution in [2.45, 2.75) is 19.4 Å². The van der Waals surface area contributed by atoms with Crippen LogP contribution >= 0.6 is 0 Å². The van der Waals surface area contributed by atoms with Gasteiger partial charge in [0, 0.05) is 48.8 Å². The molecule has 3 heterocycles. The standard InChI is InChI=1S/C24H25N5O3/c1-16(30)25-19-10-6-9-18(11-19)23(31)29-14-24(15-29)12-20(28(2)13-24)22-27-26-21(32-22)17-7-4-3-5-8-17/h3-11,20H,12-15H2,1-2H3,(H,25,30). The van der Waals surface area contributed by atoms with E-state index in [9.17, 15) is 9.59 Å². The van der Waals surface area contributed by atoms with Gasteiger partial charge in [-0.2, -0.15) is 0 Å². The average molecular weight is 431 g/mol. The highest BCUT2D eigenvalue weighted by molar-refractivity contribution is 5.97. The lowest BCUT2D eigenvalue weighted by Crippen LogP contribution is -2.59. The minimum Gasteiger partial charge on any atom is -0.419 e. The van der Waals surface area contributed by atoms with Crippen LogP contribution in [0.3, 0.4) is 0 Å². The van der Waals surface area contributed by atoms with Gasteiger partial charge in [0.25, 0.3) is 5.91 Å². The van der Waals surface area contributed by atoms with E-state index in [-0.39, 0.29) is 23.3 Å². The van der Waals surface area contributed by atoms with E-state index in [2.05, 4.69) is 27.5 Å². The number of benzene rings is 2. The number of anilines is 1. The Morgan fingerprint density at radius 2 is 1.84 bits per heavy atom. The molecule has 0 radical (unpaired) electrons. The number of carbonyl (C=O) groups is 2. The van der Waals surface area contributed by atoms with E-state index in [0.717, 1.165) is 18.5 Å². The zero-order chi connectivity index (χ0) is 22.3. The van der Waals surface area contributed by atoms with E-state index in [1.165, 1.54) is 6.92 Å². The Morgan fingerprint density at radius 1 is 1.06 bits per heavy atom. The first-order valence-corrected chi connectivity index (χ1v) is 10.7. The van der Waals surface area contributed by atoms with Crippen LogP contribution in [-0.2, 0) is 4.79 Å². The number of amides is 2. The molecule has 2 aliphatic heterocycles. The van der Waals surface area contributed by atoms with Gasteiger partial charge in [0.1, 0.15) is 0 Å². The Kier molecular flexibility index (Phi) is 5.01. The fourth-order valence-corrected chi connectivity index (χ4v) is 4.86. The van der Waals surface area contributed by atoms with Crippen molar-refractivity contribution in [2.75, 3.05) is 32.0 Å². The second-order valence-corrected chi connectivity index (χ2v) is 8.87. The molecule has 1 aromatic heterocycles. The van der Waals surface area contributed by atoms with Gasteiger partial charge < -0.3 is 14.6 Å². The van der Waals surface area contributed by atoms with Crippen LogP contribution in [-0.4, -0.2) is 58.5 Å². The summed E-state index contributed by atoms with van der Waals surface area (Å²) in [5.74, 6) is 0.975. The van der Waals surface area contributed by atoms with Gasteiger partial charge in [-0.3, -0.25) is 14.5 Å². The summed E-state index contributed by atoms with van der Waals surface area (Å²) >= 11 is 0. The number of hydrogen-bond acceptors (Lipinski definition) is 6. The summed E-state index contributed by atoms with van der Waals surface area (Å²) in [5, 5.41) is 11.3. The average Bonchev–Trinajstić information content (AvgIpc) is 3.37. The molecule has 2 aliphatic rings. The topological polar surface area (TPSA) is 91.6 Å². The van der Waals surface area contributed by atoms with Gasteiger partial charge in [-0.25, -0.2) is 0 Å². The monoisotopic (exact) mass is 431 g/mol. The van der Waals surface area contributed by atoms with Crippen LogP contribution in [0.2, 0.25) is 0 Å². The normalized spacial score (nSPS) is 19.7. The molecule has 1 spiro atoms. The molecule has 1 N–H and O–H groups in total. The quantitative estimate of drug-likeness (QED) is 0.682. The van der Waals surface area contributed by atoms with Crippen LogP contribution in [0.1, 0.15) is 35.6 Å².